The molecule has 0 fully saturated rings. The molecule has 0 saturated carbocycles. The molecule has 0 unspecified atom stereocenters. The fourth-order valence-electron chi connectivity index (χ4n) is 1.88. The molecule has 122 valence electrons. The summed E-state index contributed by atoms with van der Waals surface area (Å²) in [4.78, 5) is 21.5. The summed E-state index contributed by atoms with van der Waals surface area (Å²) in [6.45, 7) is 4.14. The number of hydrogen-bond acceptors (Lipinski definition) is 5. The third-order valence-corrected chi connectivity index (χ3v) is 2.88. The van der Waals surface area contributed by atoms with E-state index < -0.39 is 4.92 Å². The molecule has 0 spiro atoms. The van der Waals surface area contributed by atoms with Crippen molar-refractivity contribution in [3.05, 3.63) is 63.7 Å². The molecule has 2 aromatic rings. The van der Waals surface area contributed by atoms with E-state index in [1.807, 2.05) is 44.2 Å². The first-order valence-electron chi connectivity index (χ1n) is 7.14. The van der Waals surface area contributed by atoms with Gasteiger partial charge in [0.1, 0.15) is 6.61 Å². The highest BCUT2D eigenvalue weighted by molar-refractivity contribution is 5.83. The SMILES string of the molecule is CC.COc1c(C=O)ccc([N+](=O)[O-])c1OCc1ccccc1. The Balaban J connectivity index is 0.00000127. The van der Waals surface area contributed by atoms with Crippen LogP contribution in [0.15, 0.2) is 42.5 Å². The van der Waals surface area contributed by atoms with Crippen molar-refractivity contribution < 1.29 is 19.2 Å². The van der Waals surface area contributed by atoms with Gasteiger partial charge in [0.05, 0.1) is 17.6 Å². The zero-order valence-electron chi connectivity index (χ0n) is 13.3. The van der Waals surface area contributed by atoms with Gasteiger partial charge in [-0.1, -0.05) is 44.2 Å². The van der Waals surface area contributed by atoms with Gasteiger partial charge in [0.2, 0.25) is 5.75 Å². The summed E-state index contributed by atoms with van der Waals surface area (Å²) in [5.41, 5.74) is 0.810. The fourth-order valence-corrected chi connectivity index (χ4v) is 1.88. The highest BCUT2D eigenvalue weighted by Gasteiger charge is 2.23. The van der Waals surface area contributed by atoms with Crippen LogP contribution in [0.3, 0.4) is 0 Å². The topological polar surface area (TPSA) is 78.7 Å². The van der Waals surface area contributed by atoms with Crippen LogP contribution in [0.1, 0.15) is 29.8 Å². The normalized spacial score (nSPS) is 9.35. The minimum Gasteiger partial charge on any atom is -0.492 e. The third-order valence-electron chi connectivity index (χ3n) is 2.88. The summed E-state index contributed by atoms with van der Waals surface area (Å²) < 4.78 is 10.6. The van der Waals surface area contributed by atoms with Crippen molar-refractivity contribution in [2.24, 2.45) is 0 Å². The molecule has 0 N–H and O–H groups in total. The van der Waals surface area contributed by atoms with Crippen LogP contribution in [0.25, 0.3) is 0 Å². The molecule has 0 bridgehead atoms. The lowest BCUT2D eigenvalue weighted by Crippen LogP contribution is -2.03. The first-order chi connectivity index (χ1) is 11.2. The van der Waals surface area contributed by atoms with E-state index in [9.17, 15) is 14.9 Å². The Morgan fingerprint density at radius 3 is 2.26 bits per heavy atom. The molecule has 0 aromatic heterocycles. The highest BCUT2D eigenvalue weighted by Crippen LogP contribution is 2.39. The molecule has 6 heteroatoms. The van der Waals surface area contributed by atoms with Crippen LogP contribution >= 0.6 is 0 Å². The van der Waals surface area contributed by atoms with Gasteiger partial charge in [0, 0.05) is 6.07 Å². The second-order valence-corrected chi connectivity index (χ2v) is 4.19. The molecule has 23 heavy (non-hydrogen) atoms. The number of carbonyl (C=O) groups excluding carboxylic acids is 1. The van der Waals surface area contributed by atoms with Crippen LogP contribution < -0.4 is 9.47 Å². The van der Waals surface area contributed by atoms with Crippen LogP contribution in [-0.4, -0.2) is 18.3 Å². The quantitative estimate of drug-likeness (QED) is 0.457. The molecular formula is C17H19NO5. The fraction of sp³-hybridized carbons (Fsp3) is 0.235. The molecule has 2 rings (SSSR count). The average Bonchev–Trinajstić information content (AvgIpc) is 2.61. The van der Waals surface area contributed by atoms with Gasteiger partial charge in [-0.2, -0.15) is 0 Å². The number of nitro groups is 1. The second kappa shape index (κ2) is 9.19. The van der Waals surface area contributed by atoms with E-state index in [-0.39, 0.29) is 29.4 Å². The summed E-state index contributed by atoms with van der Waals surface area (Å²) in [5.74, 6) is 0.0195. The Bertz CT molecular complexity index is 656. The minimum atomic E-state index is -0.572. The van der Waals surface area contributed by atoms with Gasteiger partial charge in [-0.15, -0.1) is 0 Å². The van der Waals surface area contributed by atoms with Crippen LogP contribution in [0.2, 0.25) is 0 Å². The standard InChI is InChI=1S/C15H13NO5.C2H6/c1-20-14-12(9-17)7-8-13(16(18)19)15(14)21-10-11-5-3-2-4-6-11;1-2/h2-9H,10H2,1H3;1-2H3. The van der Waals surface area contributed by atoms with E-state index in [4.69, 9.17) is 9.47 Å². The number of nitrogens with zero attached hydrogens (tertiary/aromatic N) is 1. The van der Waals surface area contributed by atoms with E-state index in [1.165, 1.54) is 19.2 Å². The molecular weight excluding hydrogens is 298 g/mol. The predicted molar refractivity (Wildman–Crippen MR) is 87.2 cm³/mol. The third kappa shape index (κ3) is 4.54. The van der Waals surface area contributed by atoms with Gasteiger partial charge in [-0.05, 0) is 11.6 Å². The Labute approximate surface area is 134 Å². The predicted octanol–water partition coefficient (Wildman–Crippen LogP) is 4.02. The van der Waals surface area contributed by atoms with Crippen molar-refractivity contribution in [3.8, 4) is 11.5 Å². The van der Waals surface area contributed by atoms with E-state index in [0.717, 1.165) is 5.56 Å². The molecule has 0 aliphatic heterocycles. The lowest BCUT2D eigenvalue weighted by atomic mass is 10.1. The summed E-state index contributed by atoms with van der Waals surface area (Å²) in [5, 5.41) is 11.1. The van der Waals surface area contributed by atoms with Gasteiger partial charge < -0.3 is 9.47 Å². The van der Waals surface area contributed by atoms with Crippen LogP contribution in [0, 0.1) is 10.1 Å². The molecule has 0 aliphatic rings. The van der Waals surface area contributed by atoms with E-state index in [0.29, 0.717) is 6.29 Å². The molecule has 0 atom stereocenters. The molecule has 6 nitrogen and oxygen atoms in total. The number of carbonyl (C=O) groups is 1. The smallest absolute Gasteiger partial charge is 0.314 e. The molecule has 0 saturated heterocycles. The van der Waals surface area contributed by atoms with Crippen molar-refractivity contribution in [1.82, 2.24) is 0 Å². The van der Waals surface area contributed by atoms with E-state index in [1.54, 1.807) is 0 Å². The average molecular weight is 317 g/mol. The van der Waals surface area contributed by atoms with Crippen molar-refractivity contribution in [3.63, 3.8) is 0 Å². The molecule has 0 amide bonds. The Hall–Kier alpha value is -2.89. The van der Waals surface area contributed by atoms with Crippen LogP contribution in [0.4, 0.5) is 5.69 Å². The summed E-state index contributed by atoms with van der Waals surface area (Å²) >= 11 is 0. The largest absolute Gasteiger partial charge is 0.492 e. The summed E-state index contributed by atoms with van der Waals surface area (Å²) in [6, 6.07) is 11.8. The maximum absolute atomic E-state index is 11.1. The maximum atomic E-state index is 11.1. The van der Waals surface area contributed by atoms with Crippen LogP contribution in [0.5, 0.6) is 11.5 Å². The monoisotopic (exact) mass is 317 g/mol. The van der Waals surface area contributed by atoms with Gasteiger partial charge in [-0.3, -0.25) is 14.9 Å². The first-order valence-corrected chi connectivity index (χ1v) is 7.14. The van der Waals surface area contributed by atoms with Gasteiger partial charge in [-0.25, -0.2) is 0 Å². The number of rotatable bonds is 6. The zero-order chi connectivity index (χ0) is 17.2. The maximum Gasteiger partial charge on any atom is 0.314 e. The van der Waals surface area contributed by atoms with Gasteiger partial charge in [0.15, 0.2) is 12.0 Å². The Morgan fingerprint density at radius 2 is 1.74 bits per heavy atom. The Kier molecular flexibility index (Phi) is 7.26. The van der Waals surface area contributed by atoms with Crippen molar-refractivity contribution in [1.29, 1.82) is 0 Å². The first kappa shape index (κ1) is 18.2. The second-order valence-electron chi connectivity index (χ2n) is 4.19. The number of ether oxygens (including phenoxy) is 2. The van der Waals surface area contributed by atoms with E-state index in [2.05, 4.69) is 0 Å². The molecule has 0 radical (unpaired) electrons. The Morgan fingerprint density at radius 1 is 1.09 bits per heavy atom. The molecule has 2 aromatic carbocycles. The number of methoxy groups -OCH3 is 1. The number of hydrogen-bond donors (Lipinski definition) is 0. The van der Waals surface area contributed by atoms with E-state index >= 15 is 0 Å². The lowest BCUT2D eigenvalue weighted by Gasteiger charge is -2.12. The van der Waals surface area contributed by atoms with Gasteiger partial charge in [0.25, 0.3) is 0 Å². The highest BCUT2D eigenvalue weighted by atomic mass is 16.6. The molecule has 0 heterocycles. The van der Waals surface area contributed by atoms with Crippen molar-refractivity contribution in [2.75, 3.05) is 7.11 Å². The number of nitro benzene ring substituents is 1. The van der Waals surface area contributed by atoms with Gasteiger partial charge >= 0.3 is 5.69 Å². The number of aldehydes is 1. The lowest BCUT2D eigenvalue weighted by molar-refractivity contribution is -0.386. The summed E-state index contributed by atoms with van der Waals surface area (Å²) in [7, 11) is 1.33. The van der Waals surface area contributed by atoms with Crippen molar-refractivity contribution in [2.45, 2.75) is 20.5 Å². The van der Waals surface area contributed by atoms with Crippen molar-refractivity contribution >= 4 is 12.0 Å². The zero-order valence-corrected chi connectivity index (χ0v) is 13.3. The number of benzene rings is 2. The van der Waals surface area contributed by atoms with Crippen LogP contribution in [-0.2, 0) is 6.61 Å². The minimum absolute atomic E-state index is 0.0454. The molecule has 0 aliphatic carbocycles. The summed E-state index contributed by atoms with van der Waals surface area (Å²) in [6.07, 6.45) is 0.567.